The highest BCUT2D eigenvalue weighted by molar-refractivity contribution is 7.17. The lowest BCUT2D eigenvalue weighted by molar-refractivity contribution is 0.0701. The van der Waals surface area contributed by atoms with Gasteiger partial charge in [0.25, 0.3) is 5.91 Å². The molecule has 0 bridgehead atoms. The van der Waals surface area contributed by atoms with Crippen LogP contribution in [0.2, 0.25) is 10.0 Å². The average molecular weight is 419 g/mol. The maximum absolute atomic E-state index is 12.4. The van der Waals surface area contributed by atoms with E-state index >= 15 is 0 Å². The van der Waals surface area contributed by atoms with Gasteiger partial charge in [0.05, 0.1) is 28.4 Å². The zero-order valence-electron chi connectivity index (χ0n) is 13.6. The lowest BCUT2D eigenvalue weighted by Crippen LogP contribution is -2.54. The van der Waals surface area contributed by atoms with Crippen molar-refractivity contribution in [2.24, 2.45) is 0 Å². The SMILES string of the molecule is Cc1[nH]c(C(=O)N[C@H]2CCN(c3ncc(C(=O)O)s3)C[C@H]2O)c(Cl)c1Cl. The molecule has 4 N–H and O–H groups in total. The third kappa shape index (κ3) is 3.66. The second kappa shape index (κ2) is 7.43. The van der Waals surface area contributed by atoms with E-state index in [4.69, 9.17) is 28.3 Å². The third-order valence-electron chi connectivity index (χ3n) is 4.15. The number of aliphatic hydroxyl groups is 1. The smallest absolute Gasteiger partial charge is 0.347 e. The molecule has 1 fully saturated rings. The maximum Gasteiger partial charge on any atom is 0.347 e. The number of hydrogen-bond acceptors (Lipinski definition) is 6. The average Bonchev–Trinajstić information content (AvgIpc) is 3.18. The summed E-state index contributed by atoms with van der Waals surface area (Å²) in [6, 6.07) is -0.462. The first-order valence-corrected chi connectivity index (χ1v) is 9.31. The summed E-state index contributed by atoms with van der Waals surface area (Å²) in [4.78, 5) is 32.2. The number of carbonyl (C=O) groups is 2. The number of H-pyrrole nitrogens is 1. The molecule has 1 amide bonds. The summed E-state index contributed by atoms with van der Waals surface area (Å²) >= 11 is 13.1. The minimum Gasteiger partial charge on any atom is -0.477 e. The van der Waals surface area contributed by atoms with Gasteiger partial charge in [0.2, 0.25) is 0 Å². The van der Waals surface area contributed by atoms with Crippen LogP contribution in [0, 0.1) is 6.92 Å². The summed E-state index contributed by atoms with van der Waals surface area (Å²) in [5, 5.41) is 23.1. The van der Waals surface area contributed by atoms with Gasteiger partial charge in [0.1, 0.15) is 10.6 Å². The highest BCUT2D eigenvalue weighted by atomic mass is 35.5. The van der Waals surface area contributed by atoms with Crippen molar-refractivity contribution >= 4 is 51.5 Å². The number of aromatic carboxylic acids is 1. The minimum atomic E-state index is -1.03. The van der Waals surface area contributed by atoms with Crippen molar-refractivity contribution in [3.8, 4) is 0 Å². The number of aliphatic hydroxyl groups excluding tert-OH is 1. The van der Waals surface area contributed by atoms with Gasteiger partial charge in [-0.2, -0.15) is 0 Å². The van der Waals surface area contributed by atoms with Gasteiger partial charge in [-0.05, 0) is 13.3 Å². The molecule has 3 heterocycles. The molecule has 2 atom stereocenters. The predicted molar refractivity (Wildman–Crippen MR) is 98.7 cm³/mol. The summed E-state index contributed by atoms with van der Waals surface area (Å²) in [5.41, 5.74) is 0.755. The molecule has 1 saturated heterocycles. The van der Waals surface area contributed by atoms with Crippen molar-refractivity contribution < 1.29 is 19.8 Å². The standard InChI is InChI=1S/C15H16Cl2N4O4S/c1-6-10(16)11(17)12(19-6)13(23)20-7-2-3-21(5-8(7)22)15-18-4-9(26-15)14(24)25/h4,7-8,19,22H,2-3,5H2,1H3,(H,20,23)(H,24,25)/t7-,8+/m0/s1. The second-order valence-electron chi connectivity index (χ2n) is 5.95. The Morgan fingerprint density at radius 3 is 2.69 bits per heavy atom. The molecule has 2 aromatic heterocycles. The van der Waals surface area contributed by atoms with Crippen LogP contribution in [0.3, 0.4) is 0 Å². The van der Waals surface area contributed by atoms with Crippen LogP contribution in [0.4, 0.5) is 5.13 Å². The molecular formula is C15H16Cl2N4O4S. The van der Waals surface area contributed by atoms with Crippen molar-refractivity contribution in [2.75, 3.05) is 18.0 Å². The van der Waals surface area contributed by atoms with Gasteiger partial charge < -0.3 is 25.4 Å². The number of carboxylic acid groups (broad SMARTS) is 1. The molecule has 26 heavy (non-hydrogen) atoms. The Kier molecular flexibility index (Phi) is 5.42. The number of anilines is 1. The number of nitrogens with zero attached hydrogens (tertiary/aromatic N) is 2. The Balaban J connectivity index is 1.64. The van der Waals surface area contributed by atoms with Crippen LogP contribution in [0.1, 0.15) is 32.3 Å². The molecule has 11 heteroatoms. The summed E-state index contributed by atoms with van der Waals surface area (Å²) in [7, 11) is 0. The third-order valence-corrected chi connectivity index (χ3v) is 6.15. The van der Waals surface area contributed by atoms with Gasteiger partial charge in [-0.3, -0.25) is 4.79 Å². The summed E-state index contributed by atoms with van der Waals surface area (Å²) in [6.07, 6.45) is 0.928. The van der Waals surface area contributed by atoms with Crippen LogP contribution in [0.15, 0.2) is 6.20 Å². The van der Waals surface area contributed by atoms with Gasteiger partial charge in [-0.15, -0.1) is 0 Å². The lowest BCUT2D eigenvalue weighted by atomic mass is 10.0. The number of hydrogen-bond donors (Lipinski definition) is 4. The van der Waals surface area contributed by atoms with Gasteiger partial charge >= 0.3 is 5.97 Å². The number of aromatic amines is 1. The highest BCUT2D eigenvalue weighted by Crippen LogP contribution is 2.30. The predicted octanol–water partition coefficient (Wildman–Crippen LogP) is 2.15. The highest BCUT2D eigenvalue weighted by Gasteiger charge is 2.31. The molecule has 0 spiro atoms. The van der Waals surface area contributed by atoms with Crippen molar-refractivity contribution in [1.82, 2.24) is 15.3 Å². The number of rotatable bonds is 4. The Morgan fingerprint density at radius 2 is 2.15 bits per heavy atom. The van der Waals surface area contributed by atoms with Crippen molar-refractivity contribution in [3.05, 3.63) is 32.5 Å². The molecule has 1 aliphatic heterocycles. The fraction of sp³-hybridized carbons (Fsp3) is 0.400. The number of carboxylic acids is 1. The van der Waals surface area contributed by atoms with E-state index in [-0.39, 0.29) is 22.1 Å². The zero-order valence-corrected chi connectivity index (χ0v) is 16.0. The minimum absolute atomic E-state index is 0.138. The molecule has 0 radical (unpaired) electrons. The van der Waals surface area contributed by atoms with E-state index in [9.17, 15) is 14.7 Å². The molecule has 2 aromatic rings. The molecule has 0 unspecified atom stereocenters. The normalized spacial score (nSPS) is 20.2. The van der Waals surface area contributed by atoms with Crippen LogP contribution >= 0.6 is 34.5 Å². The lowest BCUT2D eigenvalue weighted by Gasteiger charge is -2.36. The maximum atomic E-state index is 12.4. The fourth-order valence-electron chi connectivity index (χ4n) is 2.75. The number of aryl methyl sites for hydroxylation is 1. The number of nitrogens with one attached hydrogen (secondary N) is 2. The van der Waals surface area contributed by atoms with Crippen molar-refractivity contribution in [1.29, 1.82) is 0 Å². The fourth-order valence-corrected chi connectivity index (χ4v) is 3.96. The Hall–Kier alpha value is -1.81. The molecule has 0 aliphatic carbocycles. The van der Waals surface area contributed by atoms with Gasteiger partial charge in [0.15, 0.2) is 5.13 Å². The Labute approximate surface area is 162 Å². The van der Waals surface area contributed by atoms with E-state index in [1.54, 1.807) is 11.8 Å². The van der Waals surface area contributed by atoms with E-state index < -0.39 is 24.0 Å². The molecule has 0 saturated carbocycles. The second-order valence-corrected chi connectivity index (χ2v) is 7.71. The number of carbonyl (C=O) groups excluding carboxylic acids is 1. The van der Waals surface area contributed by atoms with Crippen LogP contribution in [-0.4, -0.2) is 57.3 Å². The van der Waals surface area contributed by atoms with Crippen molar-refractivity contribution in [3.63, 3.8) is 0 Å². The number of aromatic nitrogens is 2. The van der Waals surface area contributed by atoms with E-state index in [2.05, 4.69) is 15.3 Å². The summed E-state index contributed by atoms with van der Waals surface area (Å²) < 4.78 is 0. The van der Waals surface area contributed by atoms with Crippen LogP contribution < -0.4 is 10.2 Å². The molecule has 8 nitrogen and oxygen atoms in total. The van der Waals surface area contributed by atoms with E-state index in [0.29, 0.717) is 28.8 Å². The first-order valence-electron chi connectivity index (χ1n) is 7.74. The van der Waals surface area contributed by atoms with Crippen LogP contribution in [-0.2, 0) is 0 Å². The molecular weight excluding hydrogens is 403 g/mol. The van der Waals surface area contributed by atoms with E-state index in [1.165, 1.54) is 6.20 Å². The number of β-amino-alcohol motifs (C(OH)–C–C–N with tert-alkyl or cyclic N) is 1. The zero-order chi connectivity index (χ0) is 19.0. The molecule has 140 valence electrons. The number of amides is 1. The molecule has 3 rings (SSSR count). The monoisotopic (exact) mass is 418 g/mol. The first kappa shape index (κ1) is 19.0. The van der Waals surface area contributed by atoms with Crippen LogP contribution in [0.5, 0.6) is 0 Å². The molecule has 1 aliphatic rings. The first-order chi connectivity index (χ1) is 12.3. The van der Waals surface area contributed by atoms with E-state index in [0.717, 1.165) is 11.3 Å². The molecule has 0 aromatic carbocycles. The van der Waals surface area contributed by atoms with Gasteiger partial charge in [-0.25, -0.2) is 9.78 Å². The number of halogens is 2. The Bertz CT molecular complexity index is 853. The van der Waals surface area contributed by atoms with Gasteiger partial charge in [-0.1, -0.05) is 34.5 Å². The van der Waals surface area contributed by atoms with Crippen LogP contribution in [0.25, 0.3) is 0 Å². The number of thiazole rings is 1. The number of piperidine rings is 1. The Morgan fingerprint density at radius 1 is 1.42 bits per heavy atom. The van der Waals surface area contributed by atoms with E-state index in [1.807, 2.05) is 0 Å². The van der Waals surface area contributed by atoms with Crippen molar-refractivity contribution in [2.45, 2.75) is 25.5 Å². The summed E-state index contributed by atoms with van der Waals surface area (Å²) in [6.45, 7) is 2.46. The van der Waals surface area contributed by atoms with Gasteiger partial charge in [0, 0.05) is 18.8 Å². The largest absolute Gasteiger partial charge is 0.477 e. The summed E-state index contributed by atoms with van der Waals surface area (Å²) in [5.74, 6) is -1.47. The quantitative estimate of drug-likeness (QED) is 0.603. The topological polar surface area (TPSA) is 119 Å².